The third kappa shape index (κ3) is 3.70. The highest BCUT2D eigenvalue weighted by Crippen LogP contribution is 2.30. The molecule has 19 heavy (non-hydrogen) atoms. The number of nitrogens with zero attached hydrogens (tertiary/aromatic N) is 2. The molecule has 1 rings (SSSR count). The fourth-order valence-electron chi connectivity index (χ4n) is 2.32. The van der Waals surface area contributed by atoms with Gasteiger partial charge in [-0.15, -0.1) is 6.58 Å². The standard InChI is InChI=1S/C13H22N2O4/c1-3-6-14(8-9-16)12(19)15-7-4-5-13(2,10-15)11(17)18/h3,16H,1,4-10H2,2H3,(H,17,18). The Morgan fingerprint density at radius 1 is 1.53 bits per heavy atom. The Balaban J connectivity index is 2.75. The Hall–Kier alpha value is -1.56. The smallest absolute Gasteiger partial charge is 0.320 e. The molecule has 2 amide bonds. The van der Waals surface area contributed by atoms with E-state index in [-0.39, 0.29) is 25.7 Å². The first-order valence-electron chi connectivity index (χ1n) is 6.43. The molecule has 6 heteroatoms. The van der Waals surface area contributed by atoms with E-state index >= 15 is 0 Å². The van der Waals surface area contributed by atoms with Gasteiger partial charge in [0, 0.05) is 26.2 Å². The summed E-state index contributed by atoms with van der Waals surface area (Å²) in [5.41, 5.74) is -0.882. The SMILES string of the molecule is C=CCN(CCO)C(=O)N1CCCC(C)(C(=O)O)C1. The molecule has 0 saturated carbocycles. The van der Waals surface area contributed by atoms with E-state index in [1.54, 1.807) is 17.9 Å². The van der Waals surface area contributed by atoms with Gasteiger partial charge in [0.15, 0.2) is 0 Å². The minimum Gasteiger partial charge on any atom is -0.481 e. The van der Waals surface area contributed by atoms with Gasteiger partial charge in [-0.25, -0.2) is 4.79 Å². The van der Waals surface area contributed by atoms with Crippen LogP contribution in [0.4, 0.5) is 4.79 Å². The lowest BCUT2D eigenvalue weighted by molar-refractivity contribution is -0.150. The average molecular weight is 270 g/mol. The summed E-state index contributed by atoms with van der Waals surface area (Å²) in [6.45, 7) is 6.46. The summed E-state index contributed by atoms with van der Waals surface area (Å²) in [7, 11) is 0. The normalized spacial score (nSPS) is 22.9. The van der Waals surface area contributed by atoms with E-state index in [1.165, 1.54) is 4.90 Å². The van der Waals surface area contributed by atoms with E-state index in [1.807, 2.05) is 0 Å². The molecule has 0 aromatic rings. The van der Waals surface area contributed by atoms with Crippen molar-refractivity contribution in [3.8, 4) is 0 Å². The van der Waals surface area contributed by atoms with Gasteiger partial charge >= 0.3 is 12.0 Å². The maximum absolute atomic E-state index is 12.3. The van der Waals surface area contributed by atoms with Crippen LogP contribution in [0.2, 0.25) is 0 Å². The van der Waals surface area contributed by atoms with Crippen molar-refractivity contribution < 1.29 is 19.8 Å². The van der Waals surface area contributed by atoms with Crippen molar-refractivity contribution in [1.29, 1.82) is 0 Å². The highest BCUT2D eigenvalue weighted by Gasteiger charge is 2.40. The Bertz CT molecular complexity index is 359. The summed E-state index contributed by atoms with van der Waals surface area (Å²) < 4.78 is 0. The molecule has 0 aromatic heterocycles. The third-order valence-electron chi connectivity index (χ3n) is 3.47. The van der Waals surface area contributed by atoms with Gasteiger partial charge in [-0.05, 0) is 19.8 Å². The van der Waals surface area contributed by atoms with Crippen molar-refractivity contribution in [2.24, 2.45) is 5.41 Å². The molecule has 6 nitrogen and oxygen atoms in total. The number of carbonyl (C=O) groups is 2. The van der Waals surface area contributed by atoms with Crippen molar-refractivity contribution in [1.82, 2.24) is 9.80 Å². The van der Waals surface area contributed by atoms with Gasteiger partial charge < -0.3 is 20.0 Å². The molecule has 1 unspecified atom stereocenters. The second-order valence-corrected chi connectivity index (χ2v) is 5.13. The monoisotopic (exact) mass is 270 g/mol. The number of hydrogen-bond acceptors (Lipinski definition) is 3. The number of urea groups is 1. The van der Waals surface area contributed by atoms with Crippen LogP contribution in [0.5, 0.6) is 0 Å². The van der Waals surface area contributed by atoms with E-state index in [0.717, 1.165) is 0 Å². The van der Waals surface area contributed by atoms with Crippen LogP contribution in [0.3, 0.4) is 0 Å². The first-order chi connectivity index (χ1) is 8.94. The van der Waals surface area contributed by atoms with Crippen LogP contribution in [-0.2, 0) is 4.79 Å². The minimum atomic E-state index is -0.882. The summed E-state index contributed by atoms with van der Waals surface area (Å²) >= 11 is 0. The predicted molar refractivity (Wildman–Crippen MR) is 70.8 cm³/mol. The summed E-state index contributed by atoms with van der Waals surface area (Å²) in [6, 6.07) is -0.235. The molecule has 108 valence electrons. The molecular formula is C13H22N2O4. The number of likely N-dealkylation sites (tertiary alicyclic amines) is 1. The Morgan fingerprint density at radius 3 is 2.74 bits per heavy atom. The van der Waals surface area contributed by atoms with Gasteiger partial charge in [0.25, 0.3) is 0 Å². The molecule has 0 aromatic carbocycles. The number of carboxylic acids is 1. The zero-order valence-electron chi connectivity index (χ0n) is 11.3. The molecule has 2 N–H and O–H groups in total. The van der Waals surface area contributed by atoms with E-state index in [0.29, 0.717) is 25.9 Å². The van der Waals surface area contributed by atoms with Gasteiger partial charge in [-0.3, -0.25) is 4.79 Å². The summed E-state index contributed by atoms with van der Waals surface area (Å²) in [5, 5.41) is 18.2. The number of aliphatic hydroxyl groups excluding tert-OH is 1. The molecule has 0 spiro atoms. The first kappa shape index (κ1) is 15.5. The zero-order chi connectivity index (χ0) is 14.5. The van der Waals surface area contributed by atoms with Crippen LogP contribution in [0.15, 0.2) is 12.7 Å². The fraction of sp³-hybridized carbons (Fsp3) is 0.692. The van der Waals surface area contributed by atoms with Gasteiger partial charge in [0.2, 0.25) is 0 Å². The lowest BCUT2D eigenvalue weighted by atomic mass is 9.82. The Morgan fingerprint density at radius 2 is 2.21 bits per heavy atom. The number of hydrogen-bond donors (Lipinski definition) is 2. The zero-order valence-corrected chi connectivity index (χ0v) is 11.3. The summed E-state index contributed by atoms with van der Waals surface area (Å²) in [6.07, 6.45) is 2.84. The van der Waals surface area contributed by atoms with Crippen molar-refractivity contribution in [3.05, 3.63) is 12.7 Å². The molecule has 1 fully saturated rings. The molecule has 1 aliphatic heterocycles. The highest BCUT2D eigenvalue weighted by atomic mass is 16.4. The van der Waals surface area contributed by atoms with Gasteiger partial charge in [-0.1, -0.05) is 6.08 Å². The quantitative estimate of drug-likeness (QED) is 0.723. The number of carboxylic acid groups (broad SMARTS) is 1. The van der Waals surface area contributed by atoms with E-state index in [9.17, 15) is 14.7 Å². The number of carbonyl (C=O) groups excluding carboxylic acids is 1. The molecule has 1 heterocycles. The highest BCUT2D eigenvalue weighted by molar-refractivity contribution is 5.78. The summed E-state index contributed by atoms with van der Waals surface area (Å²) in [4.78, 5) is 26.6. The van der Waals surface area contributed by atoms with Gasteiger partial charge in [0.05, 0.1) is 12.0 Å². The second-order valence-electron chi connectivity index (χ2n) is 5.13. The predicted octanol–water partition coefficient (Wildman–Crippen LogP) is 0.773. The maximum atomic E-state index is 12.3. The van der Waals surface area contributed by atoms with E-state index < -0.39 is 11.4 Å². The second kappa shape index (κ2) is 6.56. The molecule has 0 radical (unpaired) electrons. The molecule has 1 atom stereocenters. The van der Waals surface area contributed by atoms with Gasteiger partial charge in [0.1, 0.15) is 0 Å². The van der Waals surface area contributed by atoms with Crippen molar-refractivity contribution in [2.45, 2.75) is 19.8 Å². The van der Waals surface area contributed by atoms with Crippen LogP contribution in [0.1, 0.15) is 19.8 Å². The average Bonchev–Trinajstić information content (AvgIpc) is 2.37. The first-order valence-corrected chi connectivity index (χ1v) is 6.43. The van der Waals surface area contributed by atoms with Crippen LogP contribution in [0, 0.1) is 5.41 Å². The number of aliphatic carboxylic acids is 1. The van der Waals surface area contributed by atoms with E-state index in [4.69, 9.17) is 5.11 Å². The number of piperidine rings is 1. The lowest BCUT2D eigenvalue weighted by Crippen LogP contribution is -2.53. The lowest BCUT2D eigenvalue weighted by Gasteiger charge is -2.39. The van der Waals surface area contributed by atoms with Crippen molar-refractivity contribution >= 4 is 12.0 Å². The number of rotatable bonds is 5. The molecular weight excluding hydrogens is 248 g/mol. The van der Waals surface area contributed by atoms with Crippen molar-refractivity contribution in [3.63, 3.8) is 0 Å². The molecule has 1 saturated heterocycles. The van der Waals surface area contributed by atoms with Crippen LogP contribution < -0.4 is 0 Å². The van der Waals surface area contributed by atoms with Crippen LogP contribution in [0.25, 0.3) is 0 Å². The minimum absolute atomic E-state index is 0.121. The number of aliphatic hydroxyl groups is 1. The Labute approximate surface area is 113 Å². The van der Waals surface area contributed by atoms with Crippen LogP contribution >= 0.6 is 0 Å². The van der Waals surface area contributed by atoms with E-state index in [2.05, 4.69) is 6.58 Å². The summed E-state index contributed by atoms with van der Waals surface area (Å²) in [5.74, 6) is -0.873. The molecule has 1 aliphatic rings. The molecule has 0 bridgehead atoms. The van der Waals surface area contributed by atoms with Gasteiger partial charge in [-0.2, -0.15) is 0 Å². The fourth-order valence-corrected chi connectivity index (χ4v) is 2.32. The van der Waals surface area contributed by atoms with Crippen LogP contribution in [-0.4, -0.2) is 64.8 Å². The molecule has 0 aliphatic carbocycles. The maximum Gasteiger partial charge on any atom is 0.320 e. The largest absolute Gasteiger partial charge is 0.481 e. The third-order valence-corrected chi connectivity index (χ3v) is 3.47. The Kier molecular flexibility index (Phi) is 5.35. The van der Waals surface area contributed by atoms with Crippen molar-refractivity contribution in [2.75, 3.05) is 32.8 Å². The number of amides is 2. The topological polar surface area (TPSA) is 81.1 Å².